The zero-order valence-electron chi connectivity index (χ0n) is 31.0. The highest BCUT2D eigenvalue weighted by Gasteiger charge is 2.50. The summed E-state index contributed by atoms with van der Waals surface area (Å²) in [7, 11) is 0. The van der Waals surface area contributed by atoms with E-state index in [1.165, 1.54) is 13.0 Å². The second-order valence-corrected chi connectivity index (χ2v) is 14.7. The van der Waals surface area contributed by atoms with Gasteiger partial charge in [-0.2, -0.15) is 0 Å². The summed E-state index contributed by atoms with van der Waals surface area (Å²) in [5.74, 6) is -6.78. The van der Waals surface area contributed by atoms with Gasteiger partial charge in [-0.1, -0.05) is 68.4 Å². The average molecular weight is 772 g/mol. The van der Waals surface area contributed by atoms with Crippen LogP contribution in [0.5, 0.6) is 0 Å². The SMILES string of the molecule is CCCCC1C/C=C/C=C/C=C/C=C/C(O[C@@H]2OC[C@@H](O)[C@H](N)[C@@H]2O)CC2OC(O)(CC(O)CC(O)CC(O)CC(O)C(C)C(=O)O1)CC(O)C2C(=O)O. The number of carbonyl (C=O) groups is 2. The number of nitrogens with two attached hydrogens (primary N) is 1. The maximum atomic E-state index is 12.9. The summed E-state index contributed by atoms with van der Waals surface area (Å²) < 4.78 is 23.0. The number of allylic oxidation sites excluding steroid dienone is 6. The van der Waals surface area contributed by atoms with E-state index in [0.29, 0.717) is 12.8 Å². The van der Waals surface area contributed by atoms with Crippen LogP contribution in [0.1, 0.15) is 78.1 Å². The summed E-state index contributed by atoms with van der Waals surface area (Å²) in [6, 6.07) is -1.10. The minimum atomic E-state index is -2.25. The first-order chi connectivity index (χ1) is 25.5. The summed E-state index contributed by atoms with van der Waals surface area (Å²) in [5, 5.41) is 95.9. The van der Waals surface area contributed by atoms with Crippen LogP contribution in [0.3, 0.4) is 0 Å². The lowest BCUT2D eigenvalue weighted by Crippen LogP contribution is -2.59. The van der Waals surface area contributed by atoms with Crippen molar-refractivity contribution < 1.29 is 74.5 Å². The van der Waals surface area contributed by atoms with Gasteiger partial charge in [-0.05, 0) is 26.2 Å². The van der Waals surface area contributed by atoms with Crippen LogP contribution in [-0.2, 0) is 28.5 Å². The Morgan fingerprint density at radius 2 is 1.54 bits per heavy atom. The minimum Gasteiger partial charge on any atom is -0.481 e. The van der Waals surface area contributed by atoms with E-state index in [1.807, 2.05) is 13.0 Å². The van der Waals surface area contributed by atoms with Crippen LogP contribution in [0, 0.1) is 11.8 Å². The molecule has 16 heteroatoms. The number of esters is 1. The average Bonchev–Trinajstić information content (AvgIpc) is 3.07. The molecule has 15 atom stereocenters. The van der Waals surface area contributed by atoms with Crippen LogP contribution < -0.4 is 5.73 Å². The molecule has 3 heterocycles. The number of aliphatic carboxylic acids is 1. The van der Waals surface area contributed by atoms with E-state index in [4.69, 9.17) is 24.7 Å². The van der Waals surface area contributed by atoms with Crippen molar-refractivity contribution in [2.24, 2.45) is 17.6 Å². The maximum absolute atomic E-state index is 12.9. The fraction of sp³-hybridized carbons (Fsp3) is 0.737. The van der Waals surface area contributed by atoms with E-state index in [9.17, 15) is 55.5 Å². The largest absolute Gasteiger partial charge is 0.481 e. The van der Waals surface area contributed by atoms with Gasteiger partial charge in [0.15, 0.2) is 12.1 Å². The molecule has 0 aromatic rings. The van der Waals surface area contributed by atoms with E-state index in [-0.39, 0.29) is 32.3 Å². The Hall–Kier alpha value is -2.58. The van der Waals surface area contributed by atoms with E-state index in [0.717, 1.165) is 12.8 Å². The third-order valence-electron chi connectivity index (χ3n) is 10.0. The molecule has 3 aliphatic rings. The molecule has 2 saturated heterocycles. The zero-order chi connectivity index (χ0) is 40.0. The van der Waals surface area contributed by atoms with Crippen LogP contribution in [0.2, 0.25) is 0 Å². The molecule has 2 bridgehead atoms. The zero-order valence-corrected chi connectivity index (χ0v) is 31.0. The highest BCUT2D eigenvalue weighted by Crippen LogP contribution is 2.38. The number of hydrogen-bond donors (Lipinski definition) is 10. The Kier molecular flexibility index (Phi) is 18.9. The number of unbranched alkanes of at least 4 members (excludes halogenated alkanes) is 1. The Labute approximate surface area is 316 Å². The molecule has 0 aliphatic carbocycles. The Bertz CT molecular complexity index is 1280. The highest BCUT2D eigenvalue weighted by molar-refractivity contribution is 5.73. The normalized spacial score (nSPS) is 43.6. The van der Waals surface area contributed by atoms with Crippen molar-refractivity contribution >= 4 is 11.9 Å². The molecular formula is C38H61NO15. The molecule has 308 valence electrons. The van der Waals surface area contributed by atoms with Crippen molar-refractivity contribution in [2.75, 3.05) is 6.61 Å². The van der Waals surface area contributed by atoms with Crippen molar-refractivity contribution in [3.8, 4) is 0 Å². The minimum absolute atomic E-state index is 0.240. The molecule has 3 rings (SSSR count). The fourth-order valence-electron chi connectivity index (χ4n) is 6.86. The smallest absolute Gasteiger partial charge is 0.311 e. The number of carboxylic acids is 1. The van der Waals surface area contributed by atoms with Crippen LogP contribution in [-0.4, -0.2) is 144 Å². The molecule has 11 N–H and O–H groups in total. The van der Waals surface area contributed by atoms with E-state index in [1.54, 1.807) is 36.5 Å². The first-order valence-corrected chi connectivity index (χ1v) is 18.8. The molecule has 16 nitrogen and oxygen atoms in total. The number of carbonyl (C=O) groups excluding carboxylic acids is 1. The van der Waals surface area contributed by atoms with E-state index < -0.39 is 116 Å². The molecule has 0 aromatic carbocycles. The molecule has 54 heavy (non-hydrogen) atoms. The molecule has 11 unspecified atom stereocenters. The molecular weight excluding hydrogens is 710 g/mol. The number of carboxylic acid groups (broad SMARTS) is 1. The van der Waals surface area contributed by atoms with Gasteiger partial charge in [-0.25, -0.2) is 0 Å². The first kappa shape index (κ1) is 45.8. The third kappa shape index (κ3) is 14.5. The number of hydrogen-bond acceptors (Lipinski definition) is 15. The van der Waals surface area contributed by atoms with Crippen LogP contribution in [0.15, 0.2) is 48.6 Å². The van der Waals surface area contributed by atoms with Crippen molar-refractivity contribution in [1.82, 2.24) is 0 Å². The third-order valence-corrected chi connectivity index (χ3v) is 10.0. The van der Waals surface area contributed by atoms with Crippen molar-refractivity contribution in [3.05, 3.63) is 48.6 Å². The fourth-order valence-corrected chi connectivity index (χ4v) is 6.86. The lowest BCUT2D eigenvalue weighted by molar-refractivity contribution is -0.305. The van der Waals surface area contributed by atoms with Crippen molar-refractivity contribution in [1.29, 1.82) is 0 Å². The quantitative estimate of drug-likeness (QED) is 0.160. The molecule has 0 aromatic heterocycles. The van der Waals surface area contributed by atoms with Crippen LogP contribution >= 0.6 is 0 Å². The Morgan fingerprint density at radius 3 is 2.22 bits per heavy atom. The molecule has 0 amide bonds. The summed E-state index contributed by atoms with van der Waals surface area (Å²) in [5.41, 5.74) is 5.91. The van der Waals surface area contributed by atoms with Crippen molar-refractivity contribution in [3.63, 3.8) is 0 Å². The van der Waals surface area contributed by atoms with E-state index in [2.05, 4.69) is 0 Å². The summed E-state index contributed by atoms with van der Waals surface area (Å²) in [6.07, 6.45) is 0.295. The van der Waals surface area contributed by atoms with Gasteiger partial charge < -0.3 is 70.6 Å². The second kappa shape index (κ2) is 22.2. The molecule has 0 saturated carbocycles. The monoisotopic (exact) mass is 771 g/mol. The topological polar surface area (TPSA) is 279 Å². The molecule has 2 fully saturated rings. The predicted molar refractivity (Wildman–Crippen MR) is 193 cm³/mol. The highest BCUT2D eigenvalue weighted by atomic mass is 16.7. The van der Waals surface area contributed by atoms with Crippen LogP contribution in [0.25, 0.3) is 0 Å². The van der Waals surface area contributed by atoms with Crippen LogP contribution in [0.4, 0.5) is 0 Å². The predicted octanol–water partition coefficient (Wildman–Crippen LogP) is 0.0769. The number of aliphatic hydroxyl groups is 8. The van der Waals surface area contributed by atoms with Gasteiger partial charge in [-0.15, -0.1) is 0 Å². The lowest BCUT2D eigenvalue weighted by atomic mass is 9.82. The number of aliphatic hydroxyl groups excluding tert-OH is 7. The van der Waals surface area contributed by atoms with Gasteiger partial charge in [-0.3, -0.25) is 9.59 Å². The Balaban J connectivity index is 1.90. The molecule has 0 spiro atoms. The number of ether oxygens (including phenoxy) is 4. The van der Waals surface area contributed by atoms with E-state index >= 15 is 0 Å². The molecule has 3 aliphatic heterocycles. The first-order valence-electron chi connectivity index (χ1n) is 18.8. The maximum Gasteiger partial charge on any atom is 0.311 e. The van der Waals surface area contributed by atoms with Gasteiger partial charge >= 0.3 is 11.9 Å². The summed E-state index contributed by atoms with van der Waals surface area (Å²) in [4.78, 5) is 25.2. The van der Waals surface area contributed by atoms with Gasteiger partial charge in [0.1, 0.15) is 18.1 Å². The standard InChI is InChI=1S/C38H61NO15/c1-3-4-12-26-13-10-8-6-5-7-9-11-14-27(53-37-34(46)33(39)30(45)21-51-37)18-31-32(35(47)48)29(44)20-38(50,54-31)19-25(42)16-23(40)15-24(41)17-28(43)22(2)36(49)52-26/h5-11,14,22-34,37,40-46,50H,3-4,12-13,15-21,39H2,1-2H3,(H,47,48)/b6-5+,9-7+,10-8+,14-11+/t22?,23?,24?,25?,26?,27?,28?,29?,30-,31?,32?,33+,34+,37+,38?/m1/s1. The van der Waals surface area contributed by atoms with Gasteiger partial charge in [0, 0.05) is 32.1 Å². The Morgan fingerprint density at radius 1 is 0.889 bits per heavy atom. The van der Waals surface area contributed by atoms with Crippen molar-refractivity contribution in [2.45, 2.75) is 157 Å². The lowest BCUT2D eigenvalue weighted by Gasteiger charge is -2.45. The van der Waals surface area contributed by atoms with Gasteiger partial charge in [0.25, 0.3) is 0 Å². The second-order valence-electron chi connectivity index (χ2n) is 14.7. The summed E-state index contributed by atoms with van der Waals surface area (Å²) >= 11 is 0. The molecule has 0 radical (unpaired) electrons. The summed E-state index contributed by atoms with van der Waals surface area (Å²) in [6.45, 7) is 3.27. The number of rotatable bonds is 6. The number of cyclic esters (lactones) is 1. The van der Waals surface area contributed by atoms with Gasteiger partial charge in [0.2, 0.25) is 0 Å². The number of fused-ring (bicyclic) bond motifs is 2. The van der Waals surface area contributed by atoms with Gasteiger partial charge in [0.05, 0.1) is 67.4 Å².